The molecule has 0 radical (unpaired) electrons. The lowest BCUT2D eigenvalue weighted by Crippen LogP contribution is -2.48. The van der Waals surface area contributed by atoms with E-state index < -0.39 is 0 Å². The third kappa shape index (κ3) is 5.47. The lowest BCUT2D eigenvalue weighted by atomic mass is 10.0. The van der Waals surface area contributed by atoms with Crippen molar-refractivity contribution in [2.24, 2.45) is 5.92 Å². The zero-order valence-corrected chi connectivity index (χ0v) is 16.9. The molecular formula is C21H28ClN3O3. The van der Waals surface area contributed by atoms with E-state index in [2.05, 4.69) is 5.32 Å². The molecule has 0 saturated carbocycles. The SMILES string of the molecule is O=C(CCCCl)NC1CCN(C(=O)C2CC(=O)N(Cc3ccccc3)C2)CC1. The largest absolute Gasteiger partial charge is 0.353 e. The van der Waals surface area contributed by atoms with Gasteiger partial charge in [0.2, 0.25) is 17.7 Å². The number of alkyl halides is 1. The topological polar surface area (TPSA) is 69.7 Å². The standard InChI is InChI=1S/C21H28ClN3O3/c22-10-4-7-19(26)23-18-8-11-24(12-9-18)21(28)17-13-20(27)25(15-17)14-16-5-2-1-3-6-16/h1-3,5-6,17-18H,4,7-15H2,(H,23,26). The summed E-state index contributed by atoms with van der Waals surface area (Å²) in [6.07, 6.45) is 2.93. The predicted octanol–water partition coefficient (Wildman–Crippen LogP) is 2.16. The van der Waals surface area contributed by atoms with Crippen LogP contribution >= 0.6 is 11.6 Å². The molecule has 3 amide bonds. The Morgan fingerprint density at radius 3 is 2.54 bits per heavy atom. The predicted molar refractivity (Wildman–Crippen MR) is 108 cm³/mol. The highest BCUT2D eigenvalue weighted by Crippen LogP contribution is 2.24. The van der Waals surface area contributed by atoms with Crippen LogP contribution in [0.5, 0.6) is 0 Å². The number of piperidine rings is 1. The van der Waals surface area contributed by atoms with E-state index >= 15 is 0 Å². The summed E-state index contributed by atoms with van der Waals surface area (Å²) in [6, 6.07) is 9.97. The Morgan fingerprint density at radius 2 is 1.86 bits per heavy atom. The van der Waals surface area contributed by atoms with Gasteiger partial charge in [0.1, 0.15) is 0 Å². The van der Waals surface area contributed by atoms with Crippen LogP contribution < -0.4 is 5.32 Å². The van der Waals surface area contributed by atoms with E-state index in [0.717, 1.165) is 18.4 Å². The minimum absolute atomic E-state index is 0.0309. The molecule has 1 atom stereocenters. The summed E-state index contributed by atoms with van der Waals surface area (Å²) >= 11 is 5.62. The first kappa shape index (κ1) is 20.6. The molecule has 1 aromatic rings. The molecule has 0 bridgehead atoms. The molecule has 1 aromatic carbocycles. The maximum absolute atomic E-state index is 12.9. The molecule has 1 N–H and O–H groups in total. The van der Waals surface area contributed by atoms with Crippen molar-refractivity contribution in [2.45, 2.75) is 44.7 Å². The van der Waals surface area contributed by atoms with Gasteiger partial charge in [-0.1, -0.05) is 30.3 Å². The van der Waals surface area contributed by atoms with Crippen molar-refractivity contribution in [1.29, 1.82) is 0 Å². The molecule has 1 unspecified atom stereocenters. The molecule has 2 fully saturated rings. The molecule has 2 saturated heterocycles. The van der Waals surface area contributed by atoms with Crippen molar-refractivity contribution in [3.63, 3.8) is 0 Å². The van der Waals surface area contributed by atoms with Crippen molar-refractivity contribution >= 4 is 29.3 Å². The molecule has 3 rings (SSSR count). The number of halogens is 1. The van der Waals surface area contributed by atoms with E-state index in [1.165, 1.54) is 0 Å². The summed E-state index contributed by atoms with van der Waals surface area (Å²) in [4.78, 5) is 40.6. The number of likely N-dealkylation sites (tertiary alicyclic amines) is 2. The van der Waals surface area contributed by atoms with E-state index in [0.29, 0.717) is 51.3 Å². The maximum Gasteiger partial charge on any atom is 0.227 e. The summed E-state index contributed by atoms with van der Waals surface area (Å²) < 4.78 is 0. The van der Waals surface area contributed by atoms with Crippen molar-refractivity contribution in [3.05, 3.63) is 35.9 Å². The second kappa shape index (κ2) is 9.92. The van der Waals surface area contributed by atoms with E-state index in [1.807, 2.05) is 35.2 Å². The fourth-order valence-corrected chi connectivity index (χ4v) is 4.06. The average Bonchev–Trinajstić information content (AvgIpc) is 3.07. The second-order valence-electron chi connectivity index (χ2n) is 7.62. The van der Waals surface area contributed by atoms with Crippen molar-refractivity contribution < 1.29 is 14.4 Å². The lowest BCUT2D eigenvalue weighted by molar-refractivity contribution is -0.137. The number of hydrogen-bond acceptors (Lipinski definition) is 3. The number of nitrogens with one attached hydrogen (secondary N) is 1. The minimum atomic E-state index is -0.258. The summed E-state index contributed by atoms with van der Waals surface area (Å²) in [7, 11) is 0. The minimum Gasteiger partial charge on any atom is -0.353 e. The third-order valence-corrected chi connectivity index (χ3v) is 5.76. The Bertz CT molecular complexity index is 689. The molecule has 2 heterocycles. The molecule has 7 heteroatoms. The Balaban J connectivity index is 1.45. The second-order valence-corrected chi connectivity index (χ2v) is 8.00. The Kier molecular flexibility index (Phi) is 7.31. The van der Waals surface area contributed by atoms with Gasteiger partial charge >= 0.3 is 0 Å². The highest BCUT2D eigenvalue weighted by Gasteiger charge is 2.37. The van der Waals surface area contributed by atoms with Crippen molar-refractivity contribution in [1.82, 2.24) is 15.1 Å². The van der Waals surface area contributed by atoms with Crippen LogP contribution in [0.15, 0.2) is 30.3 Å². The molecule has 152 valence electrons. The first-order chi connectivity index (χ1) is 13.6. The van der Waals surface area contributed by atoms with Gasteiger partial charge in [-0.25, -0.2) is 0 Å². The number of rotatable bonds is 7. The summed E-state index contributed by atoms with van der Waals surface area (Å²) in [5.74, 6) is 0.371. The van der Waals surface area contributed by atoms with Gasteiger partial charge in [0.05, 0.1) is 5.92 Å². The maximum atomic E-state index is 12.9. The van der Waals surface area contributed by atoms with Crippen molar-refractivity contribution in [3.8, 4) is 0 Å². The molecule has 0 aliphatic carbocycles. The van der Waals surface area contributed by atoms with Gasteiger partial charge in [0, 0.05) is 50.9 Å². The number of nitrogens with zero attached hydrogens (tertiary/aromatic N) is 2. The van der Waals surface area contributed by atoms with Crippen LogP contribution in [0.2, 0.25) is 0 Å². The van der Waals surface area contributed by atoms with Gasteiger partial charge in [-0.3, -0.25) is 14.4 Å². The van der Waals surface area contributed by atoms with Crippen LogP contribution in [-0.2, 0) is 20.9 Å². The zero-order valence-electron chi connectivity index (χ0n) is 16.1. The van der Waals surface area contributed by atoms with E-state index in [1.54, 1.807) is 4.90 Å². The van der Waals surface area contributed by atoms with Crippen LogP contribution in [-0.4, -0.2) is 59.1 Å². The van der Waals surface area contributed by atoms with Crippen LogP contribution in [0.3, 0.4) is 0 Å². The van der Waals surface area contributed by atoms with Gasteiger partial charge in [-0.2, -0.15) is 0 Å². The first-order valence-electron chi connectivity index (χ1n) is 10.0. The fraction of sp³-hybridized carbons (Fsp3) is 0.571. The summed E-state index contributed by atoms with van der Waals surface area (Å²) in [5, 5.41) is 3.03. The highest BCUT2D eigenvalue weighted by atomic mass is 35.5. The molecule has 2 aliphatic rings. The first-order valence-corrected chi connectivity index (χ1v) is 10.6. The number of amides is 3. The monoisotopic (exact) mass is 405 g/mol. The Hall–Kier alpha value is -2.08. The van der Waals surface area contributed by atoms with Crippen LogP contribution in [0.1, 0.15) is 37.7 Å². The molecule has 28 heavy (non-hydrogen) atoms. The Morgan fingerprint density at radius 1 is 1.14 bits per heavy atom. The molecule has 0 spiro atoms. The number of carbonyl (C=O) groups excluding carboxylic acids is 3. The molecule has 2 aliphatic heterocycles. The van der Waals surface area contributed by atoms with Crippen molar-refractivity contribution in [2.75, 3.05) is 25.5 Å². The van der Waals surface area contributed by atoms with E-state index in [-0.39, 0.29) is 29.7 Å². The van der Waals surface area contributed by atoms with E-state index in [9.17, 15) is 14.4 Å². The quantitative estimate of drug-likeness (QED) is 0.707. The smallest absolute Gasteiger partial charge is 0.227 e. The van der Waals surface area contributed by atoms with Crippen LogP contribution in [0.4, 0.5) is 0 Å². The average molecular weight is 406 g/mol. The van der Waals surface area contributed by atoms with Gasteiger partial charge in [0.25, 0.3) is 0 Å². The van der Waals surface area contributed by atoms with Gasteiger partial charge < -0.3 is 15.1 Å². The van der Waals surface area contributed by atoms with Crippen LogP contribution in [0.25, 0.3) is 0 Å². The number of benzene rings is 1. The fourth-order valence-electron chi connectivity index (χ4n) is 3.92. The normalized spacial score (nSPS) is 20.5. The number of carbonyl (C=O) groups is 3. The van der Waals surface area contributed by atoms with Crippen LogP contribution in [0, 0.1) is 5.92 Å². The third-order valence-electron chi connectivity index (χ3n) is 5.49. The molecular weight excluding hydrogens is 378 g/mol. The highest BCUT2D eigenvalue weighted by molar-refractivity contribution is 6.17. The molecule has 0 aromatic heterocycles. The summed E-state index contributed by atoms with van der Waals surface area (Å²) in [5.41, 5.74) is 1.08. The van der Waals surface area contributed by atoms with E-state index in [4.69, 9.17) is 11.6 Å². The zero-order chi connectivity index (χ0) is 19.9. The molecule has 6 nitrogen and oxygen atoms in total. The van der Waals surface area contributed by atoms with Gasteiger partial charge in [0.15, 0.2) is 0 Å². The number of hydrogen-bond donors (Lipinski definition) is 1. The summed E-state index contributed by atoms with van der Waals surface area (Å²) in [6.45, 7) is 2.30. The Labute approximate surface area is 171 Å². The van der Waals surface area contributed by atoms with Gasteiger partial charge in [-0.15, -0.1) is 11.6 Å². The van der Waals surface area contributed by atoms with Gasteiger partial charge in [-0.05, 0) is 24.8 Å². The lowest BCUT2D eigenvalue weighted by Gasteiger charge is -2.33.